The number of fused-ring (bicyclic) bond motifs is 2. The first kappa shape index (κ1) is 15.3. The summed E-state index contributed by atoms with van der Waals surface area (Å²) in [4.78, 5) is 4.46. The maximum Gasteiger partial charge on any atom is 0.172 e. The monoisotopic (exact) mass is 326 g/mol. The van der Waals surface area contributed by atoms with Gasteiger partial charge in [0.2, 0.25) is 0 Å². The number of hydrogen-bond acceptors (Lipinski definition) is 3. The van der Waals surface area contributed by atoms with Crippen LogP contribution in [0.4, 0.5) is 0 Å². The summed E-state index contributed by atoms with van der Waals surface area (Å²) in [6.45, 7) is 6.65. The van der Waals surface area contributed by atoms with Crippen molar-refractivity contribution in [1.29, 1.82) is 5.26 Å². The summed E-state index contributed by atoms with van der Waals surface area (Å²) < 4.78 is 1.67. The van der Waals surface area contributed by atoms with Gasteiger partial charge in [0.25, 0.3) is 0 Å². The fraction of sp³-hybridized carbons (Fsp3) is 0.190. The number of rotatable bonds is 1. The average molecular weight is 326 g/mol. The fourth-order valence-electron chi connectivity index (χ4n) is 3.08. The van der Waals surface area contributed by atoms with Crippen LogP contribution in [-0.4, -0.2) is 14.6 Å². The van der Waals surface area contributed by atoms with Crippen molar-refractivity contribution in [3.63, 3.8) is 0 Å². The lowest BCUT2D eigenvalue weighted by Crippen LogP contribution is -2.11. The highest BCUT2D eigenvalue weighted by Gasteiger charge is 2.17. The van der Waals surface area contributed by atoms with Crippen LogP contribution in [0.5, 0.6) is 0 Å². The van der Waals surface area contributed by atoms with Gasteiger partial charge in [-0.2, -0.15) is 10.4 Å². The Morgan fingerprint density at radius 2 is 1.88 bits per heavy atom. The van der Waals surface area contributed by atoms with Gasteiger partial charge >= 0.3 is 0 Å². The number of nitriles is 1. The number of hydrogen-bond donors (Lipinski definition) is 0. The third-order valence-corrected chi connectivity index (χ3v) is 4.52. The van der Waals surface area contributed by atoms with Crippen molar-refractivity contribution in [1.82, 2.24) is 14.6 Å². The first-order chi connectivity index (χ1) is 12.0. The molecule has 0 N–H and O–H groups in total. The van der Waals surface area contributed by atoms with Crippen molar-refractivity contribution >= 4 is 16.4 Å². The van der Waals surface area contributed by atoms with Gasteiger partial charge in [0, 0.05) is 18.0 Å². The van der Waals surface area contributed by atoms with Crippen LogP contribution in [0.15, 0.2) is 55.0 Å². The molecule has 2 aromatic carbocycles. The van der Waals surface area contributed by atoms with E-state index in [1.54, 1.807) is 10.7 Å². The molecule has 0 aliphatic rings. The molecule has 25 heavy (non-hydrogen) atoms. The van der Waals surface area contributed by atoms with Crippen LogP contribution in [0.3, 0.4) is 0 Å². The minimum Gasteiger partial charge on any atom is -0.235 e. The van der Waals surface area contributed by atoms with E-state index in [2.05, 4.69) is 73.3 Å². The Labute approximate surface area is 146 Å². The number of benzene rings is 2. The summed E-state index contributed by atoms with van der Waals surface area (Å²) in [5, 5.41) is 15.8. The van der Waals surface area contributed by atoms with E-state index >= 15 is 0 Å². The summed E-state index contributed by atoms with van der Waals surface area (Å²) in [6, 6.07) is 15.0. The second-order valence-electron chi connectivity index (χ2n) is 7.28. The van der Waals surface area contributed by atoms with Crippen LogP contribution in [-0.2, 0) is 5.41 Å². The third-order valence-electron chi connectivity index (χ3n) is 4.52. The SMILES string of the molecule is CC(C)(C)c1cc(-c2cnc3c(C#N)cnn3c2)c2ccccc2c1. The van der Waals surface area contributed by atoms with Gasteiger partial charge in [-0.15, -0.1) is 0 Å². The van der Waals surface area contributed by atoms with Crippen molar-refractivity contribution in [2.75, 3.05) is 0 Å². The molecule has 4 aromatic rings. The summed E-state index contributed by atoms with van der Waals surface area (Å²) in [7, 11) is 0. The van der Waals surface area contributed by atoms with Crippen LogP contribution in [0.2, 0.25) is 0 Å². The highest BCUT2D eigenvalue weighted by Crippen LogP contribution is 2.34. The van der Waals surface area contributed by atoms with E-state index in [9.17, 15) is 0 Å². The Hall–Kier alpha value is -3.19. The first-order valence-electron chi connectivity index (χ1n) is 8.24. The third kappa shape index (κ3) is 2.54. The van der Waals surface area contributed by atoms with Crippen LogP contribution < -0.4 is 0 Å². The largest absolute Gasteiger partial charge is 0.235 e. The van der Waals surface area contributed by atoms with Gasteiger partial charge in [0.05, 0.1) is 6.20 Å². The molecule has 0 amide bonds. The molecule has 4 rings (SSSR count). The highest BCUT2D eigenvalue weighted by molar-refractivity contribution is 5.97. The zero-order valence-corrected chi connectivity index (χ0v) is 14.5. The van der Waals surface area contributed by atoms with Crippen molar-refractivity contribution in [3.05, 3.63) is 66.1 Å². The van der Waals surface area contributed by atoms with E-state index < -0.39 is 0 Å². The van der Waals surface area contributed by atoms with Gasteiger partial charge in [0.1, 0.15) is 11.6 Å². The molecule has 122 valence electrons. The van der Waals surface area contributed by atoms with Gasteiger partial charge in [-0.3, -0.25) is 0 Å². The normalized spacial score (nSPS) is 11.8. The van der Waals surface area contributed by atoms with E-state index in [-0.39, 0.29) is 5.41 Å². The van der Waals surface area contributed by atoms with Gasteiger partial charge in [-0.05, 0) is 33.4 Å². The van der Waals surface area contributed by atoms with Gasteiger partial charge in [-0.25, -0.2) is 9.50 Å². The Bertz CT molecular complexity index is 1140. The molecule has 0 bridgehead atoms. The smallest absolute Gasteiger partial charge is 0.172 e. The van der Waals surface area contributed by atoms with E-state index in [1.165, 1.54) is 16.3 Å². The molecule has 0 aliphatic carbocycles. The number of nitrogens with zero attached hydrogens (tertiary/aromatic N) is 4. The molecule has 0 spiro atoms. The maximum absolute atomic E-state index is 9.13. The molecule has 0 saturated heterocycles. The summed E-state index contributed by atoms with van der Waals surface area (Å²) >= 11 is 0. The van der Waals surface area contributed by atoms with Crippen LogP contribution in [0.1, 0.15) is 31.9 Å². The topological polar surface area (TPSA) is 54.0 Å². The minimum absolute atomic E-state index is 0.0516. The molecule has 0 radical (unpaired) electrons. The molecule has 0 fully saturated rings. The molecular formula is C21H18N4. The molecule has 2 heterocycles. The van der Waals surface area contributed by atoms with Gasteiger partial charge in [0.15, 0.2) is 5.65 Å². The quantitative estimate of drug-likeness (QED) is 0.508. The minimum atomic E-state index is 0.0516. The predicted molar refractivity (Wildman–Crippen MR) is 99.3 cm³/mol. The Morgan fingerprint density at radius 1 is 1.08 bits per heavy atom. The van der Waals surface area contributed by atoms with Crippen LogP contribution in [0, 0.1) is 11.3 Å². The van der Waals surface area contributed by atoms with Crippen molar-refractivity contribution < 1.29 is 0 Å². The summed E-state index contributed by atoms with van der Waals surface area (Å²) in [5.74, 6) is 0. The summed E-state index contributed by atoms with van der Waals surface area (Å²) in [5.41, 5.74) is 4.52. The first-order valence-corrected chi connectivity index (χ1v) is 8.24. The molecule has 0 atom stereocenters. The van der Waals surface area contributed by atoms with E-state index in [4.69, 9.17) is 5.26 Å². The zero-order valence-electron chi connectivity index (χ0n) is 14.5. The lowest BCUT2D eigenvalue weighted by atomic mass is 9.83. The van der Waals surface area contributed by atoms with Crippen molar-refractivity contribution in [2.24, 2.45) is 0 Å². The Kier molecular flexibility index (Phi) is 3.33. The van der Waals surface area contributed by atoms with Crippen LogP contribution >= 0.6 is 0 Å². The molecule has 4 heteroatoms. The van der Waals surface area contributed by atoms with Crippen molar-refractivity contribution in [2.45, 2.75) is 26.2 Å². The zero-order chi connectivity index (χ0) is 17.6. The average Bonchev–Trinajstić information content (AvgIpc) is 3.02. The molecule has 0 unspecified atom stereocenters. The molecule has 0 aliphatic heterocycles. The summed E-state index contributed by atoms with van der Waals surface area (Å²) in [6.07, 6.45) is 5.32. The van der Waals surface area contributed by atoms with Gasteiger partial charge < -0.3 is 0 Å². The van der Waals surface area contributed by atoms with E-state index in [0.717, 1.165) is 11.1 Å². The second kappa shape index (κ2) is 5.42. The Morgan fingerprint density at radius 3 is 2.64 bits per heavy atom. The highest BCUT2D eigenvalue weighted by atomic mass is 15.2. The molecule has 4 nitrogen and oxygen atoms in total. The number of aromatic nitrogens is 3. The molecule has 0 saturated carbocycles. The second-order valence-corrected chi connectivity index (χ2v) is 7.28. The van der Waals surface area contributed by atoms with Crippen molar-refractivity contribution in [3.8, 4) is 17.2 Å². The standard InChI is InChI=1S/C21H18N4/c1-21(2,3)17-8-14-6-4-5-7-18(14)19(9-17)16-11-23-20-15(10-22)12-24-25(20)13-16/h4-9,11-13H,1-3H3. The van der Waals surface area contributed by atoms with Gasteiger partial charge in [-0.1, -0.05) is 51.1 Å². The molecular weight excluding hydrogens is 308 g/mol. The van der Waals surface area contributed by atoms with Crippen LogP contribution in [0.25, 0.3) is 27.5 Å². The lowest BCUT2D eigenvalue weighted by Gasteiger charge is -2.21. The van der Waals surface area contributed by atoms with E-state index in [1.807, 2.05) is 12.4 Å². The lowest BCUT2D eigenvalue weighted by molar-refractivity contribution is 0.591. The molecule has 2 aromatic heterocycles. The van der Waals surface area contributed by atoms with E-state index in [0.29, 0.717) is 11.2 Å². The Balaban J connectivity index is 2.01. The fourth-order valence-corrected chi connectivity index (χ4v) is 3.08. The predicted octanol–water partition coefficient (Wildman–Crippen LogP) is 4.72. The maximum atomic E-state index is 9.13.